The summed E-state index contributed by atoms with van der Waals surface area (Å²) in [6.07, 6.45) is 6.97. The van der Waals surface area contributed by atoms with Crippen molar-refractivity contribution in [2.24, 2.45) is 0 Å². The van der Waals surface area contributed by atoms with E-state index < -0.39 is 0 Å². The highest BCUT2D eigenvalue weighted by molar-refractivity contribution is 6.02. The third-order valence-corrected chi connectivity index (χ3v) is 2.71. The number of pyridine rings is 1. The number of carbonyl (C=O) groups excluding carboxylic acids is 1. The third-order valence-electron chi connectivity index (χ3n) is 2.71. The fraction of sp³-hybridized carbons (Fsp3) is 0.167. The van der Waals surface area contributed by atoms with Gasteiger partial charge >= 0.3 is 0 Å². The molecule has 0 unspecified atom stereocenters. The summed E-state index contributed by atoms with van der Waals surface area (Å²) in [4.78, 5) is 15.5. The van der Waals surface area contributed by atoms with Crippen molar-refractivity contribution >= 4 is 17.4 Å². The summed E-state index contributed by atoms with van der Waals surface area (Å²) in [6.45, 7) is 0. The molecule has 0 aromatic carbocycles. The number of rotatable bonds is 0. The quantitative estimate of drug-likeness (QED) is 0.617. The van der Waals surface area contributed by atoms with Crippen molar-refractivity contribution in [2.75, 3.05) is 0 Å². The van der Waals surface area contributed by atoms with E-state index in [0.29, 0.717) is 18.6 Å². The molecule has 2 aliphatic rings. The Balaban J connectivity index is 2.20. The summed E-state index contributed by atoms with van der Waals surface area (Å²) in [5, 5.41) is 0. The SMILES string of the molecule is O=C1CC=C2C(=Cc3ncccc32)C1. The molecule has 1 heterocycles. The first-order chi connectivity index (χ1) is 6.84. The van der Waals surface area contributed by atoms with Crippen LogP contribution in [-0.4, -0.2) is 10.8 Å². The molecule has 68 valence electrons. The molecule has 0 aliphatic heterocycles. The minimum absolute atomic E-state index is 0.299. The zero-order valence-electron chi connectivity index (χ0n) is 7.66. The van der Waals surface area contributed by atoms with Crippen LogP contribution in [0.1, 0.15) is 24.1 Å². The van der Waals surface area contributed by atoms with Crippen LogP contribution >= 0.6 is 0 Å². The molecule has 3 rings (SSSR count). The molecule has 1 aromatic heterocycles. The van der Waals surface area contributed by atoms with Crippen molar-refractivity contribution in [3.63, 3.8) is 0 Å². The van der Waals surface area contributed by atoms with E-state index in [-0.39, 0.29) is 0 Å². The maximum atomic E-state index is 11.3. The predicted octanol–water partition coefficient (Wildman–Crippen LogP) is 2.22. The Kier molecular flexibility index (Phi) is 1.45. The van der Waals surface area contributed by atoms with Crippen LogP contribution in [0.5, 0.6) is 0 Å². The zero-order chi connectivity index (χ0) is 9.54. The molecule has 2 heteroatoms. The number of carbonyl (C=O) groups is 1. The Labute approximate surface area is 82.0 Å². The van der Waals surface area contributed by atoms with Gasteiger partial charge in [-0.3, -0.25) is 9.78 Å². The number of allylic oxidation sites excluding steroid dienone is 3. The second-order valence-electron chi connectivity index (χ2n) is 3.64. The lowest BCUT2D eigenvalue weighted by atomic mass is 9.93. The van der Waals surface area contributed by atoms with E-state index in [9.17, 15) is 4.79 Å². The molecule has 0 radical (unpaired) electrons. The van der Waals surface area contributed by atoms with Crippen molar-refractivity contribution in [3.05, 3.63) is 41.2 Å². The third kappa shape index (κ3) is 0.970. The largest absolute Gasteiger partial charge is 0.299 e. The fourth-order valence-electron chi connectivity index (χ4n) is 2.06. The van der Waals surface area contributed by atoms with Crippen LogP contribution in [0.15, 0.2) is 30.0 Å². The molecule has 1 aromatic rings. The van der Waals surface area contributed by atoms with Gasteiger partial charge in [-0.2, -0.15) is 0 Å². The molecule has 0 N–H and O–H groups in total. The summed E-state index contributed by atoms with van der Waals surface area (Å²) >= 11 is 0. The van der Waals surface area contributed by atoms with Gasteiger partial charge in [0.2, 0.25) is 0 Å². The minimum atomic E-state index is 0.299. The standard InChI is InChI=1S/C12H9NO/c14-9-3-4-10-8(6-9)7-12-11(10)2-1-5-13-12/h1-2,4-5,7H,3,6H2. The highest BCUT2D eigenvalue weighted by Gasteiger charge is 2.24. The summed E-state index contributed by atoms with van der Waals surface area (Å²) in [7, 11) is 0. The Morgan fingerprint density at radius 2 is 2.29 bits per heavy atom. The van der Waals surface area contributed by atoms with E-state index in [1.807, 2.05) is 18.2 Å². The first kappa shape index (κ1) is 7.68. The lowest BCUT2D eigenvalue weighted by Gasteiger charge is -2.10. The van der Waals surface area contributed by atoms with Gasteiger partial charge in [0, 0.05) is 24.6 Å². The molecule has 0 fully saturated rings. The maximum absolute atomic E-state index is 11.3. The summed E-state index contributed by atoms with van der Waals surface area (Å²) in [6, 6.07) is 4.00. The summed E-state index contributed by atoms with van der Waals surface area (Å²) in [5.74, 6) is 0.299. The second-order valence-corrected chi connectivity index (χ2v) is 3.64. The average molecular weight is 183 g/mol. The number of nitrogens with zero attached hydrogens (tertiary/aromatic N) is 1. The van der Waals surface area contributed by atoms with Gasteiger partial charge in [-0.05, 0) is 23.3 Å². The van der Waals surface area contributed by atoms with Crippen molar-refractivity contribution in [3.8, 4) is 0 Å². The smallest absolute Gasteiger partial charge is 0.141 e. The van der Waals surface area contributed by atoms with Crippen LogP contribution in [0.3, 0.4) is 0 Å². The first-order valence-electron chi connectivity index (χ1n) is 4.73. The topological polar surface area (TPSA) is 30.0 Å². The van der Waals surface area contributed by atoms with Gasteiger partial charge < -0.3 is 0 Å². The van der Waals surface area contributed by atoms with Crippen LogP contribution in [-0.2, 0) is 4.79 Å². The normalized spacial score (nSPS) is 18.4. The molecule has 0 atom stereocenters. The van der Waals surface area contributed by atoms with Crippen molar-refractivity contribution < 1.29 is 4.79 Å². The van der Waals surface area contributed by atoms with Crippen molar-refractivity contribution in [1.82, 2.24) is 4.98 Å². The fourth-order valence-corrected chi connectivity index (χ4v) is 2.06. The molecule has 0 saturated heterocycles. The summed E-state index contributed by atoms with van der Waals surface area (Å²) < 4.78 is 0. The van der Waals surface area contributed by atoms with E-state index in [0.717, 1.165) is 11.3 Å². The molecule has 0 spiro atoms. The van der Waals surface area contributed by atoms with Crippen LogP contribution < -0.4 is 0 Å². The Morgan fingerprint density at radius 3 is 3.21 bits per heavy atom. The van der Waals surface area contributed by atoms with Crippen molar-refractivity contribution in [2.45, 2.75) is 12.8 Å². The molecule has 2 nitrogen and oxygen atoms in total. The maximum Gasteiger partial charge on any atom is 0.141 e. The number of hydrogen-bond acceptors (Lipinski definition) is 2. The molecular weight excluding hydrogens is 174 g/mol. The van der Waals surface area contributed by atoms with Gasteiger partial charge in [0.25, 0.3) is 0 Å². The van der Waals surface area contributed by atoms with Crippen LogP contribution in [0.2, 0.25) is 0 Å². The van der Waals surface area contributed by atoms with Crippen molar-refractivity contribution in [1.29, 1.82) is 0 Å². The predicted molar refractivity (Wildman–Crippen MR) is 54.4 cm³/mol. The van der Waals surface area contributed by atoms with Gasteiger partial charge in [0.05, 0.1) is 5.69 Å². The molecule has 0 amide bonds. The second kappa shape index (κ2) is 2.64. The number of aromatic nitrogens is 1. The molecule has 14 heavy (non-hydrogen) atoms. The Bertz CT molecular complexity index is 483. The van der Waals surface area contributed by atoms with E-state index in [4.69, 9.17) is 0 Å². The van der Waals surface area contributed by atoms with E-state index >= 15 is 0 Å². The minimum Gasteiger partial charge on any atom is -0.299 e. The van der Waals surface area contributed by atoms with Crippen LogP contribution in [0.4, 0.5) is 0 Å². The molecule has 2 aliphatic carbocycles. The van der Waals surface area contributed by atoms with Gasteiger partial charge in [0.15, 0.2) is 0 Å². The van der Waals surface area contributed by atoms with Gasteiger partial charge in [-0.1, -0.05) is 12.1 Å². The van der Waals surface area contributed by atoms with E-state index in [2.05, 4.69) is 11.1 Å². The Morgan fingerprint density at radius 1 is 1.36 bits per heavy atom. The van der Waals surface area contributed by atoms with Crippen LogP contribution in [0, 0.1) is 0 Å². The highest BCUT2D eigenvalue weighted by atomic mass is 16.1. The highest BCUT2D eigenvalue weighted by Crippen LogP contribution is 2.38. The molecule has 0 saturated carbocycles. The Hall–Kier alpha value is -1.70. The monoisotopic (exact) mass is 183 g/mol. The lowest BCUT2D eigenvalue weighted by Crippen LogP contribution is -2.03. The van der Waals surface area contributed by atoms with Crippen LogP contribution in [0.25, 0.3) is 11.6 Å². The number of hydrogen-bond donors (Lipinski definition) is 0. The lowest BCUT2D eigenvalue weighted by molar-refractivity contribution is -0.117. The van der Waals surface area contributed by atoms with Gasteiger partial charge in [-0.25, -0.2) is 0 Å². The first-order valence-corrected chi connectivity index (χ1v) is 4.73. The molecule has 0 bridgehead atoms. The van der Waals surface area contributed by atoms with Gasteiger partial charge in [-0.15, -0.1) is 0 Å². The van der Waals surface area contributed by atoms with E-state index in [1.54, 1.807) is 6.20 Å². The zero-order valence-corrected chi connectivity index (χ0v) is 7.66. The number of Topliss-reactive ketones (excluding diaryl/α,β-unsaturated/α-hetero) is 1. The molecular formula is C12H9NO. The average Bonchev–Trinajstić information content (AvgIpc) is 2.54. The number of fused-ring (bicyclic) bond motifs is 3. The summed E-state index contributed by atoms with van der Waals surface area (Å²) in [5.41, 5.74) is 4.53. The van der Waals surface area contributed by atoms with E-state index in [1.165, 1.54) is 11.1 Å². The number of ketones is 1. The van der Waals surface area contributed by atoms with Gasteiger partial charge in [0.1, 0.15) is 5.78 Å².